The van der Waals surface area contributed by atoms with Gasteiger partial charge in [-0.15, -0.1) is 0 Å². The van der Waals surface area contributed by atoms with Gasteiger partial charge in [0.25, 0.3) is 5.91 Å². The summed E-state index contributed by atoms with van der Waals surface area (Å²) in [6.07, 6.45) is 1.44. The molecule has 1 aliphatic heterocycles. The molecule has 2 aromatic carbocycles. The van der Waals surface area contributed by atoms with Crippen LogP contribution in [0.5, 0.6) is 5.75 Å². The number of Topliss-reactive ketones (excluding diaryl/α,β-unsaturated/α-hetero) is 1. The molecule has 0 radical (unpaired) electrons. The highest BCUT2D eigenvalue weighted by Gasteiger charge is 2.28. The Hall–Kier alpha value is -2.62. The summed E-state index contributed by atoms with van der Waals surface area (Å²) < 4.78 is 5.11. The lowest BCUT2D eigenvalue weighted by Gasteiger charge is -2.31. The fourth-order valence-corrected chi connectivity index (χ4v) is 3.10. The van der Waals surface area contributed by atoms with Crippen LogP contribution in [-0.2, 0) is 0 Å². The van der Waals surface area contributed by atoms with Gasteiger partial charge in [-0.1, -0.05) is 30.3 Å². The third-order valence-corrected chi connectivity index (χ3v) is 4.55. The van der Waals surface area contributed by atoms with E-state index in [0.29, 0.717) is 18.7 Å². The van der Waals surface area contributed by atoms with E-state index in [4.69, 9.17) is 4.74 Å². The number of piperidine rings is 1. The van der Waals surface area contributed by atoms with Crippen LogP contribution >= 0.6 is 0 Å². The van der Waals surface area contributed by atoms with Crippen molar-refractivity contribution in [3.8, 4) is 5.75 Å². The molecule has 0 atom stereocenters. The van der Waals surface area contributed by atoms with E-state index < -0.39 is 0 Å². The quantitative estimate of drug-likeness (QED) is 0.810. The molecule has 4 heteroatoms. The molecule has 1 aliphatic rings. The first-order valence-electron chi connectivity index (χ1n) is 8.21. The summed E-state index contributed by atoms with van der Waals surface area (Å²) in [5, 5.41) is 0. The van der Waals surface area contributed by atoms with Gasteiger partial charge in [0, 0.05) is 30.1 Å². The van der Waals surface area contributed by atoms with Crippen molar-refractivity contribution in [3.63, 3.8) is 0 Å². The first-order chi connectivity index (χ1) is 11.7. The predicted octanol–water partition coefficient (Wildman–Crippen LogP) is 3.43. The SMILES string of the molecule is COc1ccc(C(=O)N2CCC(C(=O)c3ccccc3)CC2)cc1. The van der Waals surface area contributed by atoms with Crippen molar-refractivity contribution < 1.29 is 14.3 Å². The average Bonchev–Trinajstić information content (AvgIpc) is 2.68. The molecule has 0 saturated carbocycles. The van der Waals surface area contributed by atoms with Crippen LogP contribution < -0.4 is 4.74 Å². The second kappa shape index (κ2) is 7.30. The molecule has 4 nitrogen and oxygen atoms in total. The Labute approximate surface area is 142 Å². The smallest absolute Gasteiger partial charge is 0.253 e. The minimum absolute atomic E-state index is 0.00678. The molecule has 1 saturated heterocycles. The minimum atomic E-state index is 0.00678. The van der Waals surface area contributed by atoms with E-state index in [-0.39, 0.29) is 17.6 Å². The van der Waals surface area contributed by atoms with Crippen molar-refractivity contribution in [2.75, 3.05) is 20.2 Å². The van der Waals surface area contributed by atoms with Gasteiger partial charge in [-0.3, -0.25) is 9.59 Å². The predicted molar refractivity (Wildman–Crippen MR) is 92.4 cm³/mol. The van der Waals surface area contributed by atoms with Crippen LogP contribution in [0, 0.1) is 5.92 Å². The Bertz CT molecular complexity index is 701. The van der Waals surface area contributed by atoms with E-state index in [9.17, 15) is 9.59 Å². The van der Waals surface area contributed by atoms with Gasteiger partial charge >= 0.3 is 0 Å². The summed E-state index contributed by atoms with van der Waals surface area (Å²) in [4.78, 5) is 26.9. The third-order valence-electron chi connectivity index (χ3n) is 4.55. The average molecular weight is 323 g/mol. The van der Waals surface area contributed by atoms with Crippen LogP contribution in [0.25, 0.3) is 0 Å². The molecule has 2 aromatic rings. The lowest BCUT2D eigenvalue weighted by Crippen LogP contribution is -2.40. The second-order valence-corrected chi connectivity index (χ2v) is 6.03. The Morgan fingerprint density at radius 1 is 0.917 bits per heavy atom. The second-order valence-electron chi connectivity index (χ2n) is 6.03. The number of ketones is 1. The Morgan fingerprint density at radius 3 is 2.12 bits per heavy atom. The summed E-state index contributed by atoms with van der Waals surface area (Å²) in [7, 11) is 1.60. The van der Waals surface area contributed by atoms with Crippen LogP contribution in [0.2, 0.25) is 0 Å². The monoisotopic (exact) mass is 323 g/mol. The normalized spacial score (nSPS) is 15.1. The minimum Gasteiger partial charge on any atom is -0.497 e. The fourth-order valence-electron chi connectivity index (χ4n) is 3.10. The van der Waals surface area contributed by atoms with Gasteiger partial charge in [0.2, 0.25) is 0 Å². The van der Waals surface area contributed by atoms with Crippen LogP contribution in [0.3, 0.4) is 0 Å². The van der Waals surface area contributed by atoms with E-state index in [1.54, 1.807) is 31.4 Å². The van der Waals surface area contributed by atoms with Crippen LogP contribution in [0.4, 0.5) is 0 Å². The largest absolute Gasteiger partial charge is 0.497 e. The summed E-state index contributed by atoms with van der Waals surface area (Å²) in [6, 6.07) is 16.5. The Kier molecular flexibility index (Phi) is 4.94. The van der Waals surface area contributed by atoms with Gasteiger partial charge < -0.3 is 9.64 Å². The molecule has 1 amide bonds. The Balaban J connectivity index is 1.60. The standard InChI is InChI=1S/C20H21NO3/c1-24-18-9-7-17(8-10-18)20(23)21-13-11-16(12-14-21)19(22)15-5-3-2-4-6-15/h2-10,16H,11-14H2,1H3. The fraction of sp³-hybridized carbons (Fsp3) is 0.300. The molecule has 0 bridgehead atoms. The lowest BCUT2D eigenvalue weighted by molar-refractivity contribution is 0.0650. The number of ether oxygens (including phenoxy) is 1. The molecule has 1 fully saturated rings. The van der Waals surface area contributed by atoms with Gasteiger partial charge in [0.15, 0.2) is 5.78 Å². The molecule has 124 valence electrons. The molecular weight excluding hydrogens is 302 g/mol. The highest BCUT2D eigenvalue weighted by Crippen LogP contribution is 2.23. The topological polar surface area (TPSA) is 46.6 Å². The zero-order valence-corrected chi connectivity index (χ0v) is 13.8. The number of carbonyl (C=O) groups is 2. The van der Waals surface area contributed by atoms with Gasteiger partial charge in [0.1, 0.15) is 5.75 Å². The highest BCUT2D eigenvalue weighted by atomic mass is 16.5. The molecular formula is C20H21NO3. The number of hydrogen-bond acceptors (Lipinski definition) is 3. The summed E-state index contributed by atoms with van der Waals surface area (Å²) in [5.41, 5.74) is 1.42. The number of rotatable bonds is 4. The summed E-state index contributed by atoms with van der Waals surface area (Å²) >= 11 is 0. The molecule has 3 rings (SSSR count). The number of likely N-dealkylation sites (tertiary alicyclic amines) is 1. The van der Waals surface area contributed by atoms with Crippen molar-refractivity contribution in [2.45, 2.75) is 12.8 Å². The van der Waals surface area contributed by atoms with E-state index in [2.05, 4.69) is 0 Å². The molecule has 1 heterocycles. The lowest BCUT2D eigenvalue weighted by atomic mass is 9.88. The van der Waals surface area contributed by atoms with Gasteiger partial charge in [-0.05, 0) is 37.1 Å². The van der Waals surface area contributed by atoms with E-state index in [1.165, 1.54) is 0 Å². The number of benzene rings is 2. The number of hydrogen-bond donors (Lipinski definition) is 0. The van der Waals surface area contributed by atoms with E-state index in [1.807, 2.05) is 35.2 Å². The van der Waals surface area contributed by atoms with Crippen molar-refractivity contribution in [3.05, 3.63) is 65.7 Å². The van der Waals surface area contributed by atoms with Crippen molar-refractivity contribution in [1.82, 2.24) is 4.90 Å². The van der Waals surface area contributed by atoms with Gasteiger partial charge in [-0.25, -0.2) is 0 Å². The number of carbonyl (C=O) groups excluding carboxylic acids is 2. The number of methoxy groups -OCH3 is 1. The molecule has 0 N–H and O–H groups in total. The summed E-state index contributed by atoms with van der Waals surface area (Å²) in [6.45, 7) is 1.24. The van der Waals surface area contributed by atoms with Crippen LogP contribution in [0.15, 0.2) is 54.6 Å². The first kappa shape index (κ1) is 16.2. The highest BCUT2D eigenvalue weighted by molar-refractivity contribution is 5.98. The Morgan fingerprint density at radius 2 is 1.54 bits per heavy atom. The first-order valence-corrected chi connectivity index (χ1v) is 8.21. The molecule has 0 aromatic heterocycles. The molecule has 24 heavy (non-hydrogen) atoms. The summed E-state index contributed by atoms with van der Waals surface area (Å²) in [5.74, 6) is 0.946. The zero-order chi connectivity index (χ0) is 16.9. The maximum absolute atomic E-state index is 12.5. The van der Waals surface area contributed by atoms with Crippen molar-refractivity contribution in [2.24, 2.45) is 5.92 Å². The van der Waals surface area contributed by atoms with E-state index in [0.717, 1.165) is 24.2 Å². The van der Waals surface area contributed by atoms with E-state index >= 15 is 0 Å². The zero-order valence-electron chi connectivity index (χ0n) is 13.8. The number of amides is 1. The van der Waals surface area contributed by atoms with Crippen LogP contribution in [0.1, 0.15) is 33.6 Å². The molecule has 0 spiro atoms. The third kappa shape index (κ3) is 3.48. The van der Waals surface area contributed by atoms with Gasteiger partial charge in [0.05, 0.1) is 7.11 Å². The maximum Gasteiger partial charge on any atom is 0.253 e. The van der Waals surface area contributed by atoms with Crippen LogP contribution in [-0.4, -0.2) is 36.8 Å². The van der Waals surface area contributed by atoms with Gasteiger partial charge in [-0.2, -0.15) is 0 Å². The molecule has 0 unspecified atom stereocenters. The number of nitrogens with zero attached hydrogens (tertiary/aromatic N) is 1. The van der Waals surface area contributed by atoms with Crippen molar-refractivity contribution >= 4 is 11.7 Å². The van der Waals surface area contributed by atoms with Crippen molar-refractivity contribution in [1.29, 1.82) is 0 Å². The maximum atomic E-state index is 12.5. The molecule has 0 aliphatic carbocycles.